The van der Waals surface area contributed by atoms with Gasteiger partial charge in [0.05, 0.1) is 6.61 Å². The van der Waals surface area contributed by atoms with Crippen molar-refractivity contribution in [2.75, 3.05) is 19.7 Å². The molecule has 0 saturated carbocycles. The van der Waals surface area contributed by atoms with Crippen molar-refractivity contribution in [2.24, 2.45) is 0 Å². The van der Waals surface area contributed by atoms with E-state index in [9.17, 15) is 4.79 Å². The van der Waals surface area contributed by atoms with Crippen molar-refractivity contribution in [3.05, 3.63) is 11.6 Å². The van der Waals surface area contributed by atoms with Crippen LogP contribution in [0.5, 0.6) is 0 Å². The SMILES string of the molecule is O=C(O)N1CCCC(=CCO)CC1. The first-order valence-electron chi connectivity index (χ1n) is 4.50. The maximum atomic E-state index is 10.6. The molecule has 74 valence electrons. The molecule has 13 heavy (non-hydrogen) atoms. The first-order chi connectivity index (χ1) is 6.24. The summed E-state index contributed by atoms with van der Waals surface area (Å²) in [6.45, 7) is 1.22. The Morgan fingerprint density at radius 2 is 2.23 bits per heavy atom. The predicted octanol–water partition coefficient (Wildman–Crippen LogP) is 1.07. The fraction of sp³-hybridized carbons (Fsp3) is 0.667. The minimum atomic E-state index is -0.842. The van der Waals surface area contributed by atoms with E-state index in [1.54, 1.807) is 6.08 Å². The number of rotatable bonds is 1. The Morgan fingerprint density at radius 1 is 1.46 bits per heavy atom. The highest BCUT2D eigenvalue weighted by atomic mass is 16.4. The van der Waals surface area contributed by atoms with Gasteiger partial charge in [0, 0.05) is 13.1 Å². The third-order valence-corrected chi connectivity index (χ3v) is 2.28. The number of aliphatic hydroxyl groups excluding tert-OH is 1. The number of hydrogen-bond acceptors (Lipinski definition) is 2. The molecule has 1 aliphatic rings. The van der Waals surface area contributed by atoms with Crippen LogP contribution in [0.2, 0.25) is 0 Å². The Labute approximate surface area is 77.5 Å². The normalized spacial score (nSPS) is 21.6. The Morgan fingerprint density at radius 3 is 2.85 bits per heavy atom. The monoisotopic (exact) mass is 185 g/mol. The summed E-state index contributed by atoms with van der Waals surface area (Å²) >= 11 is 0. The number of amides is 1. The zero-order valence-corrected chi connectivity index (χ0v) is 7.57. The fourth-order valence-electron chi connectivity index (χ4n) is 1.54. The van der Waals surface area contributed by atoms with Crippen molar-refractivity contribution in [1.29, 1.82) is 0 Å². The lowest BCUT2D eigenvalue weighted by molar-refractivity contribution is 0.147. The number of carboxylic acid groups (broad SMARTS) is 1. The zero-order valence-electron chi connectivity index (χ0n) is 7.57. The molecule has 4 nitrogen and oxygen atoms in total. The van der Waals surface area contributed by atoms with Gasteiger partial charge in [0.2, 0.25) is 0 Å². The average Bonchev–Trinajstić information content (AvgIpc) is 2.30. The lowest BCUT2D eigenvalue weighted by Gasteiger charge is -2.14. The maximum absolute atomic E-state index is 10.6. The van der Waals surface area contributed by atoms with Crippen molar-refractivity contribution in [3.8, 4) is 0 Å². The maximum Gasteiger partial charge on any atom is 0.407 e. The highest BCUT2D eigenvalue weighted by Gasteiger charge is 2.15. The van der Waals surface area contributed by atoms with Gasteiger partial charge in [-0.05, 0) is 19.3 Å². The molecule has 2 N–H and O–H groups in total. The largest absolute Gasteiger partial charge is 0.465 e. The quantitative estimate of drug-likeness (QED) is 0.601. The van der Waals surface area contributed by atoms with E-state index in [4.69, 9.17) is 10.2 Å². The van der Waals surface area contributed by atoms with Crippen LogP contribution in [0.15, 0.2) is 11.6 Å². The summed E-state index contributed by atoms with van der Waals surface area (Å²) in [7, 11) is 0. The van der Waals surface area contributed by atoms with Crippen LogP contribution >= 0.6 is 0 Å². The van der Waals surface area contributed by atoms with E-state index in [0.29, 0.717) is 13.1 Å². The van der Waals surface area contributed by atoms with Gasteiger partial charge in [0.25, 0.3) is 0 Å². The van der Waals surface area contributed by atoms with Crippen LogP contribution in [-0.2, 0) is 0 Å². The molecule has 1 heterocycles. The third-order valence-electron chi connectivity index (χ3n) is 2.28. The van der Waals surface area contributed by atoms with Gasteiger partial charge in [-0.2, -0.15) is 0 Å². The van der Waals surface area contributed by atoms with Crippen molar-refractivity contribution in [1.82, 2.24) is 4.90 Å². The summed E-state index contributed by atoms with van der Waals surface area (Å²) in [5.41, 5.74) is 1.17. The predicted molar refractivity (Wildman–Crippen MR) is 48.6 cm³/mol. The topological polar surface area (TPSA) is 60.8 Å². The van der Waals surface area contributed by atoms with Crippen molar-refractivity contribution in [2.45, 2.75) is 19.3 Å². The summed E-state index contributed by atoms with van der Waals surface area (Å²) in [5, 5.41) is 17.4. The molecule has 1 amide bonds. The molecule has 0 unspecified atom stereocenters. The van der Waals surface area contributed by atoms with E-state index < -0.39 is 6.09 Å². The molecule has 0 atom stereocenters. The highest BCUT2D eigenvalue weighted by Crippen LogP contribution is 2.15. The van der Waals surface area contributed by atoms with Gasteiger partial charge in [-0.3, -0.25) is 0 Å². The summed E-state index contributed by atoms with van der Waals surface area (Å²) in [4.78, 5) is 12.1. The standard InChI is InChI=1S/C9H15NO3/c11-7-4-8-2-1-5-10(6-3-8)9(12)13/h4,11H,1-3,5-7H2,(H,12,13). The molecule has 1 aliphatic heterocycles. The molecule has 0 bridgehead atoms. The van der Waals surface area contributed by atoms with Crippen LogP contribution in [0, 0.1) is 0 Å². The summed E-state index contributed by atoms with van der Waals surface area (Å²) in [6.07, 6.45) is 3.46. The summed E-state index contributed by atoms with van der Waals surface area (Å²) < 4.78 is 0. The smallest absolute Gasteiger partial charge is 0.407 e. The van der Waals surface area contributed by atoms with Gasteiger partial charge < -0.3 is 15.1 Å². The van der Waals surface area contributed by atoms with Gasteiger partial charge in [-0.1, -0.05) is 11.6 Å². The van der Waals surface area contributed by atoms with E-state index in [2.05, 4.69) is 0 Å². The molecular formula is C9H15NO3. The Hall–Kier alpha value is -1.03. The third kappa shape index (κ3) is 3.06. The molecule has 0 spiro atoms. The fourth-order valence-corrected chi connectivity index (χ4v) is 1.54. The van der Waals surface area contributed by atoms with Gasteiger partial charge in [-0.15, -0.1) is 0 Å². The van der Waals surface area contributed by atoms with Gasteiger partial charge in [0.1, 0.15) is 0 Å². The molecule has 1 rings (SSSR count). The van der Waals surface area contributed by atoms with Crippen LogP contribution < -0.4 is 0 Å². The molecule has 0 aromatic rings. The lowest BCUT2D eigenvalue weighted by atomic mass is 10.1. The second-order valence-corrected chi connectivity index (χ2v) is 3.17. The average molecular weight is 185 g/mol. The van der Waals surface area contributed by atoms with E-state index in [1.807, 2.05) is 0 Å². The van der Waals surface area contributed by atoms with Crippen molar-refractivity contribution >= 4 is 6.09 Å². The Kier molecular flexibility index (Phi) is 3.76. The number of likely N-dealkylation sites (tertiary alicyclic amines) is 1. The van der Waals surface area contributed by atoms with Gasteiger partial charge >= 0.3 is 6.09 Å². The first kappa shape index (κ1) is 10.1. The molecule has 0 aromatic heterocycles. The number of hydrogen-bond donors (Lipinski definition) is 2. The van der Waals surface area contributed by atoms with Crippen molar-refractivity contribution < 1.29 is 15.0 Å². The van der Waals surface area contributed by atoms with E-state index in [0.717, 1.165) is 19.3 Å². The number of nitrogens with zero attached hydrogens (tertiary/aromatic N) is 1. The molecule has 1 saturated heterocycles. The summed E-state index contributed by atoms with van der Waals surface area (Å²) in [6, 6.07) is 0. The number of carbonyl (C=O) groups is 1. The van der Waals surface area contributed by atoms with E-state index in [1.165, 1.54) is 10.5 Å². The highest BCUT2D eigenvalue weighted by molar-refractivity contribution is 5.65. The van der Waals surface area contributed by atoms with Crippen LogP contribution in [0.4, 0.5) is 4.79 Å². The minimum absolute atomic E-state index is 0.0579. The summed E-state index contributed by atoms with van der Waals surface area (Å²) in [5.74, 6) is 0. The van der Waals surface area contributed by atoms with Crippen LogP contribution in [0.1, 0.15) is 19.3 Å². The number of aliphatic hydroxyl groups is 1. The minimum Gasteiger partial charge on any atom is -0.465 e. The molecule has 0 aliphatic carbocycles. The second kappa shape index (κ2) is 4.87. The van der Waals surface area contributed by atoms with E-state index >= 15 is 0 Å². The first-order valence-corrected chi connectivity index (χ1v) is 4.50. The Bertz CT molecular complexity index is 213. The molecular weight excluding hydrogens is 170 g/mol. The van der Waals surface area contributed by atoms with Crippen LogP contribution in [0.25, 0.3) is 0 Å². The molecule has 0 radical (unpaired) electrons. The second-order valence-electron chi connectivity index (χ2n) is 3.17. The zero-order chi connectivity index (χ0) is 9.68. The molecule has 1 fully saturated rings. The van der Waals surface area contributed by atoms with E-state index in [-0.39, 0.29) is 6.61 Å². The Balaban J connectivity index is 2.48. The van der Waals surface area contributed by atoms with Crippen LogP contribution in [-0.4, -0.2) is 40.9 Å². The van der Waals surface area contributed by atoms with Crippen LogP contribution in [0.3, 0.4) is 0 Å². The molecule has 0 aromatic carbocycles. The molecule has 4 heteroatoms. The van der Waals surface area contributed by atoms with Gasteiger partial charge in [0.15, 0.2) is 0 Å². The lowest BCUT2D eigenvalue weighted by Crippen LogP contribution is -2.30. The van der Waals surface area contributed by atoms with Crippen molar-refractivity contribution in [3.63, 3.8) is 0 Å². The van der Waals surface area contributed by atoms with Gasteiger partial charge in [-0.25, -0.2) is 4.79 Å².